The van der Waals surface area contributed by atoms with E-state index in [2.05, 4.69) is 4.90 Å². The van der Waals surface area contributed by atoms with E-state index in [-0.39, 0.29) is 12.4 Å². The van der Waals surface area contributed by atoms with Gasteiger partial charge >= 0.3 is 0 Å². The van der Waals surface area contributed by atoms with E-state index < -0.39 is 0 Å². The van der Waals surface area contributed by atoms with Crippen LogP contribution in [-0.2, 0) is 0 Å². The summed E-state index contributed by atoms with van der Waals surface area (Å²) in [6.07, 6.45) is 1.06. The number of likely N-dealkylation sites (tertiary alicyclic amines) is 1. The number of hydrogen-bond acceptors (Lipinski definition) is 3. The predicted molar refractivity (Wildman–Crippen MR) is 78.2 cm³/mol. The summed E-state index contributed by atoms with van der Waals surface area (Å²) in [7, 11) is 0. The highest BCUT2D eigenvalue weighted by atomic mass is 35.5. The average Bonchev–Trinajstić information content (AvgIpc) is 2.69. The van der Waals surface area contributed by atoms with Crippen LogP contribution >= 0.6 is 35.6 Å². The quantitative estimate of drug-likeness (QED) is 0.929. The minimum Gasteiger partial charge on any atom is -0.489 e. The highest BCUT2D eigenvalue weighted by molar-refractivity contribution is 6.37. The van der Waals surface area contributed by atoms with Crippen molar-refractivity contribution >= 4 is 35.6 Å². The molecule has 0 spiro atoms. The molecule has 0 unspecified atom stereocenters. The topological polar surface area (TPSA) is 38.5 Å². The van der Waals surface area contributed by atoms with Gasteiger partial charge in [0.15, 0.2) is 5.75 Å². The van der Waals surface area contributed by atoms with Crippen molar-refractivity contribution in [3.8, 4) is 5.75 Å². The summed E-state index contributed by atoms with van der Waals surface area (Å²) in [5.74, 6) is 0.569. The molecule has 1 aromatic carbocycles. The Kier molecular flexibility index (Phi) is 6.53. The third-order valence-corrected chi connectivity index (χ3v) is 3.48. The molecule has 0 saturated carbocycles. The van der Waals surface area contributed by atoms with Crippen molar-refractivity contribution in [3.63, 3.8) is 0 Å². The van der Waals surface area contributed by atoms with E-state index in [9.17, 15) is 0 Å². The highest BCUT2D eigenvalue weighted by Crippen LogP contribution is 2.32. The van der Waals surface area contributed by atoms with E-state index >= 15 is 0 Å². The molecule has 6 heteroatoms. The first kappa shape index (κ1) is 15.9. The van der Waals surface area contributed by atoms with E-state index in [0.717, 1.165) is 26.1 Å². The lowest BCUT2D eigenvalue weighted by Crippen LogP contribution is -2.29. The van der Waals surface area contributed by atoms with E-state index in [1.54, 1.807) is 18.2 Å². The molecular formula is C12H17Cl3N2O. The number of hydrogen-bond donors (Lipinski definition) is 1. The minimum atomic E-state index is 0. The number of benzene rings is 1. The first-order valence-corrected chi connectivity index (χ1v) is 6.47. The summed E-state index contributed by atoms with van der Waals surface area (Å²) in [4.78, 5) is 2.29. The molecule has 0 radical (unpaired) electrons. The lowest BCUT2D eigenvalue weighted by atomic mass is 10.3. The van der Waals surface area contributed by atoms with Crippen molar-refractivity contribution in [2.45, 2.75) is 12.5 Å². The third-order valence-electron chi connectivity index (χ3n) is 2.88. The van der Waals surface area contributed by atoms with Gasteiger partial charge in [-0.25, -0.2) is 0 Å². The monoisotopic (exact) mass is 310 g/mol. The van der Waals surface area contributed by atoms with E-state index in [4.69, 9.17) is 33.7 Å². The first-order chi connectivity index (χ1) is 8.16. The van der Waals surface area contributed by atoms with Crippen molar-refractivity contribution in [1.29, 1.82) is 0 Å². The number of para-hydroxylation sites is 1. The standard InChI is InChI=1S/C12H16Cl2N2O.ClH/c13-10-2-1-3-11(14)12(10)17-7-6-16-5-4-9(15)8-16;/h1-3,9H,4-8,15H2;1H/t9-;/m0./s1. The van der Waals surface area contributed by atoms with Crippen molar-refractivity contribution in [1.82, 2.24) is 4.90 Å². The Labute approximate surface area is 124 Å². The molecule has 1 aliphatic heterocycles. The van der Waals surface area contributed by atoms with Gasteiger partial charge in [0.25, 0.3) is 0 Å². The maximum Gasteiger partial charge on any atom is 0.156 e. The lowest BCUT2D eigenvalue weighted by molar-refractivity contribution is 0.236. The second-order valence-corrected chi connectivity index (χ2v) is 5.06. The highest BCUT2D eigenvalue weighted by Gasteiger charge is 2.18. The Balaban J connectivity index is 0.00000162. The van der Waals surface area contributed by atoms with Gasteiger partial charge in [0, 0.05) is 19.1 Å². The van der Waals surface area contributed by atoms with Gasteiger partial charge in [-0.2, -0.15) is 0 Å². The van der Waals surface area contributed by atoms with Crippen LogP contribution in [0.15, 0.2) is 18.2 Å². The zero-order valence-corrected chi connectivity index (χ0v) is 12.3. The molecule has 0 amide bonds. The lowest BCUT2D eigenvalue weighted by Gasteiger charge is -2.16. The second kappa shape index (κ2) is 7.41. The van der Waals surface area contributed by atoms with Gasteiger partial charge in [0.05, 0.1) is 10.0 Å². The Morgan fingerprint density at radius 3 is 2.56 bits per heavy atom. The van der Waals surface area contributed by atoms with E-state index in [1.165, 1.54) is 0 Å². The molecular weight excluding hydrogens is 295 g/mol. The third kappa shape index (κ3) is 4.18. The van der Waals surface area contributed by atoms with E-state index in [0.29, 0.717) is 28.4 Å². The molecule has 2 rings (SSSR count). The summed E-state index contributed by atoms with van der Waals surface area (Å²) < 4.78 is 5.62. The normalized spacial score (nSPS) is 19.6. The number of rotatable bonds is 4. The summed E-state index contributed by atoms with van der Waals surface area (Å²) in [6, 6.07) is 5.65. The number of halogens is 3. The Morgan fingerprint density at radius 2 is 2.00 bits per heavy atom. The van der Waals surface area contributed by atoms with Crippen LogP contribution in [0.5, 0.6) is 5.75 Å². The summed E-state index contributed by atoms with van der Waals surface area (Å²) >= 11 is 12.0. The SMILES string of the molecule is Cl.N[C@H]1CCN(CCOc2c(Cl)cccc2Cl)C1. The van der Waals surface area contributed by atoms with Crippen molar-refractivity contribution in [3.05, 3.63) is 28.2 Å². The Hall–Kier alpha value is -0.190. The molecule has 1 fully saturated rings. The number of nitrogens with two attached hydrogens (primary N) is 1. The largest absolute Gasteiger partial charge is 0.489 e. The van der Waals surface area contributed by atoms with Crippen LogP contribution < -0.4 is 10.5 Å². The summed E-state index contributed by atoms with van der Waals surface area (Å²) in [5, 5.41) is 1.10. The van der Waals surface area contributed by atoms with Gasteiger partial charge in [0.1, 0.15) is 6.61 Å². The first-order valence-electron chi connectivity index (χ1n) is 5.71. The fourth-order valence-corrected chi connectivity index (χ4v) is 2.47. The van der Waals surface area contributed by atoms with Gasteiger partial charge < -0.3 is 10.5 Å². The molecule has 102 valence electrons. The smallest absolute Gasteiger partial charge is 0.156 e. The van der Waals surface area contributed by atoms with Crippen molar-refractivity contribution in [2.24, 2.45) is 5.73 Å². The van der Waals surface area contributed by atoms with Gasteiger partial charge in [-0.15, -0.1) is 12.4 Å². The Morgan fingerprint density at radius 1 is 1.33 bits per heavy atom. The van der Waals surface area contributed by atoms with Gasteiger partial charge in [-0.05, 0) is 25.1 Å². The zero-order chi connectivity index (χ0) is 12.3. The number of ether oxygens (including phenoxy) is 1. The van der Waals surface area contributed by atoms with Crippen LogP contribution in [0.25, 0.3) is 0 Å². The molecule has 3 nitrogen and oxygen atoms in total. The predicted octanol–water partition coefficient (Wildman–Crippen LogP) is 2.83. The van der Waals surface area contributed by atoms with Gasteiger partial charge in [-0.1, -0.05) is 29.3 Å². The minimum absolute atomic E-state index is 0. The zero-order valence-electron chi connectivity index (χ0n) is 9.94. The summed E-state index contributed by atoms with van der Waals surface area (Å²) in [6.45, 7) is 3.42. The van der Waals surface area contributed by atoms with E-state index in [1.807, 2.05) is 0 Å². The van der Waals surface area contributed by atoms with Crippen LogP contribution in [0.4, 0.5) is 0 Å². The second-order valence-electron chi connectivity index (χ2n) is 4.25. The molecule has 1 saturated heterocycles. The maximum atomic E-state index is 6.01. The molecule has 18 heavy (non-hydrogen) atoms. The van der Waals surface area contributed by atoms with Crippen LogP contribution in [0.3, 0.4) is 0 Å². The molecule has 0 aromatic heterocycles. The van der Waals surface area contributed by atoms with Crippen LogP contribution in [0, 0.1) is 0 Å². The molecule has 1 heterocycles. The van der Waals surface area contributed by atoms with Crippen LogP contribution in [-0.4, -0.2) is 37.2 Å². The van der Waals surface area contributed by atoms with Gasteiger partial charge in [-0.3, -0.25) is 4.90 Å². The molecule has 1 atom stereocenters. The molecule has 0 aliphatic carbocycles. The number of nitrogens with zero attached hydrogens (tertiary/aromatic N) is 1. The van der Waals surface area contributed by atoms with Crippen LogP contribution in [0.2, 0.25) is 10.0 Å². The van der Waals surface area contributed by atoms with Gasteiger partial charge in [0.2, 0.25) is 0 Å². The molecule has 1 aliphatic rings. The van der Waals surface area contributed by atoms with Crippen LogP contribution in [0.1, 0.15) is 6.42 Å². The Bertz CT molecular complexity index is 369. The fraction of sp³-hybridized carbons (Fsp3) is 0.500. The summed E-state index contributed by atoms with van der Waals surface area (Å²) in [5.41, 5.74) is 5.83. The van der Waals surface area contributed by atoms with Crippen molar-refractivity contribution < 1.29 is 4.74 Å². The van der Waals surface area contributed by atoms with Crippen molar-refractivity contribution in [2.75, 3.05) is 26.2 Å². The molecule has 2 N–H and O–H groups in total. The molecule has 0 bridgehead atoms. The molecule has 1 aromatic rings. The average molecular weight is 312 g/mol. The maximum absolute atomic E-state index is 6.01. The fourth-order valence-electron chi connectivity index (χ4n) is 1.96.